The predicted molar refractivity (Wildman–Crippen MR) is 64.0 cm³/mol. The van der Waals surface area contributed by atoms with Crippen molar-refractivity contribution >= 4 is 5.69 Å². The van der Waals surface area contributed by atoms with Crippen molar-refractivity contribution in [3.8, 4) is 0 Å². The molecule has 2 N–H and O–H groups in total. The zero-order valence-corrected chi connectivity index (χ0v) is 10.0. The third-order valence-corrected chi connectivity index (χ3v) is 2.75. The molecule has 1 aromatic carbocycles. The molecule has 0 aromatic heterocycles. The molecule has 0 aliphatic carbocycles. The molecule has 1 unspecified atom stereocenters. The maximum Gasteiger partial charge on any atom is 0.129 e. The van der Waals surface area contributed by atoms with Crippen LogP contribution in [-0.4, -0.2) is 26.8 Å². The van der Waals surface area contributed by atoms with Crippen LogP contribution in [0.1, 0.15) is 12.5 Å². The third-order valence-electron chi connectivity index (χ3n) is 2.75. The van der Waals surface area contributed by atoms with E-state index in [2.05, 4.69) is 0 Å². The molecular formula is C12H19FN2O. The van der Waals surface area contributed by atoms with Crippen molar-refractivity contribution in [2.24, 2.45) is 5.73 Å². The lowest BCUT2D eigenvalue weighted by molar-refractivity contribution is 0.183. The minimum Gasteiger partial charge on any atom is -0.383 e. The number of halogens is 1. The van der Waals surface area contributed by atoms with Gasteiger partial charge < -0.3 is 15.4 Å². The van der Waals surface area contributed by atoms with E-state index in [9.17, 15) is 4.39 Å². The molecule has 0 heterocycles. The molecular weight excluding hydrogens is 207 g/mol. The van der Waals surface area contributed by atoms with Crippen LogP contribution in [0.5, 0.6) is 0 Å². The summed E-state index contributed by atoms with van der Waals surface area (Å²) in [6.45, 7) is 2.82. The first-order valence-electron chi connectivity index (χ1n) is 5.31. The van der Waals surface area contributed by atoms with Gasteiger partial charge in [-0.25, -0.2) is 4.39 Å². The molecule has 4 heteroatoms. The van der Waals surface area contributed by atoms with Crippen LogP contribution in [-0.2, 0) is 11.3 Å². The van der Waals surface area contributed by atoms with Gasteiger partial charge in [-0.05, 0) is 19.1 Å². The van der Waals surface area contributed by atoms with E-state index in [1.165, 1.54) is 6.07 Å². The highest BCUT2D eigenvalue weighted by Gasteiger charge is 2.15. The molecule has 0 spiro atoms. The van der Waals surface area contributed by atoms with Crippen LogP contribution in [0.15, 0.2) is 18.2 Å². The lowest BCUT2D eigenvalue weighted by atomic mass is 10.1. The lowest BCUT2D eigenvalue weighted by Gasteiger charge is -2.28. The first-order chi connectivity index (χ1) is 7.61. The fourth-order valence-electron chi connectivity index (χ4n) is 1.67. The fourth-order valence-corrected chi connectivity index (χ4v) is 1.67. The highest BCUT2D eigenvalue weighted by atomic mass is 19.1. The lowest BCUT2D eigenvalue weighted by Crippen LogP contribution is -2.33. The Labute approximate surface area is 96.0 Å². The Kier molecular flexibility index (Phi) is 4.71. The van der Waals surface area contributed by atoms with Crippen LogP contribution in [0.3, 0.4) is 0 Å². The van der Waals surface area contributed by atoms with Gasteiger partial charge in [0.25, 0.3) is 0 Å². The maximum atomic E-state index is 13.5. The van der Waals surface area contributed by atoms with Gasteiger partial charge in [-0.3, -0.25) is 0 Å². The Morgan fingerprint density at radius 2 is 2.19 bits per heavy atom. The average molecular weight is 226 g/mol. The summed E-state index contributed by atoms with van der Waals surface area (Å²) in [6, 6.07) is 5.18. The van der Waals surface area contributed by atoms with Crippen molar-refractivity contribution < 1.29 is 9.13 Å². The van der Waals surface area contributed by atoms with Gasteiger partial charge in [0.2, 0.25) is 0 Å². The highest BCUT2D eigenvalue weighted by Crippen LogP contribution is 2.23. The normalized spacial score (nSPS) is 12.6. The molecule has 1 aromatic rings. The molecule has 1 atom stereocenters. The van der Waals surface area contributed by atoms with E-state index in [1.54, 1.807) is 13.2 Å². The minimum atomic E-state index is -0.253. The van der Waals surface area contributed by atoms with Crippen LogP contribution in [0.4, 0.5) is 10.1 Å². The van der Waals surface area contributed by atoms with Gasteiger partial charge in [0, 0.05) is 38.0 Å². The molecule has 3 nitrogen and oxygen atoms in total. The van der Waals surface area contributed by atoms with Gasteiger partial charge in [0.05, 0.1) is 6.61 Å². The second-order valence-electron chi connectivity index (χ2n) is 3.86. The number of anilines is 1. The SMILES string of the molecule is COCC(C)N(C)c1cccc(F)c1CN. The summed E-state index contributed by atoms with van der Waals surface area (Å²) in [5.74, 6) is -0.253. The van der Waals surface area contributed by atoms with Crippen molar-refractivity contribution in [2.45, 2.75) is 19.5 Å². The van der Waals surface area contributed by atoms with Crippen molar-refractivity contribution in [1.82, 2.24) is 0 Å². The van der Waals surface area contributed by atoms with E-state index in [0.717, 1.165) is 5.69 Å². The Bertz CT molecular complexity index is 344. The van der Waals surface area contributed by atoms with Crippen molar-refractivity contribution in [2.75, 3.05) is 25.7 Å². The Hall–Kier alpha value is -1.13. The maximum absolute atomic E-state index is 13.5. The predicted octanol–water partition coefficient (Wildman–Crippen LogP) is 1.76. The number of nitrogens with two attached hydrogens (primary N) is 1. The van der Waals surface area contributed by atoms with Crippen LogP contribution in [0, 0.1) is 5.82 Å². The summed E-state index contributed by atoms with van der Waals surface area (Å²) in [5, 5.41) is 0. The van der Waals surface area contributed by atoms with E-state index >= 15 is 0 Å². The molecule has 0 amide bonds. The van der Waals surface area contributed by atoms with Gasteiger partial charge in [0.1, 0.15) is 5.82 Å². The topological polar surface area (TPSA) is 38.5 Å². The first-order valence-corrected chi connectivity index (χ1v) is 5.31. The molecule has 1 rings (SSSR count). The fraction of sp³-hybridized carbons (Fsp3) is 0.500. The molecule has 0 aliphatic heterocycles. The second-order valence-corrected chi connectivity index (χ2v) is 3.86. The number of rotatable bonds is 5. The van der Waals surface area contributed by atoms with Gasteiger partial charge in [-0.1, -0.05) is 6.07 Å². The van der Waals surface area contributed by atoms with Crippen LogP contribution in [0.2, 0.25) is 0 Å². The first kappa shape index (κ1) is 12.9. The van der Waals surface area contributed by atoms with Crippen molar-refractivity contribution in [3.63, 3.8) is 0 Å². The number of likely N-dealkylation sites (N-methyl/N-ethyl adjacent to an activating group) is 1. The molecule has 16 heavy (non-hydrogen) atoms. The van der Waals surface area contributed by atoms with Crippen LogP contribution in [0.25, 0.3) is 0 Å². The monoisotopic (exact) mass is 226 g/mol. The largest absolute Gasteiger partial charge is 0.383 e. The van der Waals surface area contributed by atoms with Gasteiger partial charge in [-0.15, -0.1) is 0 Å². The molecule has 90 valence electrons. The molecule has 0 bridgehead atoms. The third kappa shape index (κ3) is 2.71. The summed E-state index contributed by atoms with van der Waals surface area (Å²) in [5.41, 5.74) is 6.94. The number of benzene rings is 1. The number of nitrogens with zero attached hydrogens (tertiary/aromatic N) is 1. The van der Waals surface area contributed by atoms with Crippen molar-refractivity contribution in [1.29, 1.82) is 0 Å². The number of hydrogen-bond donors (Lipinski definition) is 1. The van der Waals surface area contributed by atoms with Gasteiger partial charge >= 0.3 is 0 Å². The summed E-state index contributed by atoms with van der Waals surface area (Å²) in [4.78, 5) is 1.98. The van der Waals surface area contributed by atoms with E-state index < -0.39 is 0 Å². The van der Waals surface area contributed by atoms with Crippen LogP contribution < -0.4 is 10.6 Å². The minimum absolute atomic E-state index is 0.178. The van der Waals surface area contributed by atoms with Gasteiger partial charge in [-0.2, -0.15) is 0 Å². The summed E-state index contributed by atoms with van der Waals surface area (Å²) in [6.07, 6.45) is 0. The smallest absolute Gasteiger partial charge is 0.129 e. The summed E-state index contributed by atoms with van der Waals surface area (Å²) < 4.78 is 18.6. The average Bonchev–Trinajstić information content (AvgIpc) is 2.28. The van der Waals surface area contributed by atoms with E-state index in [-0.39, 0.29) is 18.4 Å². The van der Waals surface area contributed by atoms with E-state index in [0.29, 0.717) is 12.2 Å². The van der Waals surface area contributed by atoms with E-state index in [1.807, 2.05) is 24.9 Å². The molecule has 0 saturated heterocycles. The molecule has 0 saturated carbocycles. The summed E-state index contributed by atoms with van der Waals surface area (Å²) in [7, 11) is 3.57. The second kappa shape index (κ2) is 5.82. The molecule has 0 aliphatic rings. The zero-order valence-electron chi connectivity index (χ0n) is 10.0. The Morgan fingerprint density at radius 1 is 1.50 bits per heavy atom. The highest BCUT2D eigenvalue weighted by molar-refractivity contribution is 5.54. The van der Waals surface area contributed by atoms with Crippen LogP contribution >= 0.6 is 0 Å². The van der Waals surface area contributed by atoms with E-state index in [4.69, 9.17) is 10.5 Å². The number of methoxy groups -OCH3 is 1. The molecule has 0 fully saturated rings. The Balaban J connectivity index is 2.98. The number of hydrogen-bond acceptors (Lipinski definition) is 3. The van der Waals surface area contributed by atoms with Crippen molar-refractivity contribution in [3.05, 3.63) is 29.6 Å². The molecule has 0 radical (unpaired) electrons. The quantitative estimate of drug-likeness (QED) is 0.831. The van der Waals surface area contributed by atoms with Gasteiger partial charge in [0.15, 0.2) is 0 Å². The Morgan fingerprint density at radius 3 is 2.75 bits per heavy atom. The number of ether oxygens (including phenoxy) is 1. The standard InChI is InChI=1S/C12H19FN2O/c1-9(8-16-3)15(2)12-6-4-5-11(13)10(12)7-14/h4-6,9H,7-8,14H2,1-3H3. The summed E-state index contributed by atoms with van der Waals surface area (Å²) >= 11 is 0. The zero-order chi connectivity index (χ0) is 12.1.